The topological polar surface area (TPSA) is 88.9 Å². The molecule has 3 aromatic rings. The van der Waals surface area contributed by atoms with Gasteiger partial charge in [-0.25, -0.2) is 9.67 Å². The Balaban J connectivity index is 2.02. The van der Waals surface area contributed by atoms with Crippen LogP contribution in [0.1, 0.15) is 40.3 Å². The zero-order chi connectivity index (χ0) is 22.0. The molecule has 2 N–H and O–H groups in total. The van der Waals surface area contributed by atoms with Gasteiger partial charge in [-0.05, 0) is 38.5 Å². The normalized spacial score (nSPS) is 10.9. The summed E-state index contributed by atoms with van der Waals surface area (Å²) in [5.74, 6) is -0.498. The number of benzene rings is 1. The fraction of sp³-hybridized carbons (Fsp3) is 0.200. The van der Waals surface area contributed by atoms with E-state index < -0.39 is 5.91 Å². The van der Waals surface area contributed by atoms with Crippen LogP contribution < -0.4 is 16.1 Å². The average molecular weight is 444 g/mol. The summed E-state index contributed by atoms with van der Waals surface area (Å²) in [6.07, 6.45) is 1.54. The van der Waals surface area contributed by atoms with Crippen molar-refractivity contribution in [2.24, 2.45) is 0 Å². The number of halogens is 2. The minimum absolute atomic E-state index is 0.0478. The van der Waals surface area contributed by atoms with E-state index in [0.717, 1.165) is 11.0 Å². The molecule has 0 fully saturated rings. The van der Waals surface area contributed by atoms with Crippen LogP contribution in [0.2, 0.25) is 10.2 Å². The number of pyridine rings is 1. The van der Waals surface area contributed by atoms with Crippen LogP contribution in [-0.4, -0.2) is 40.5 Å². The Morgan fingerprint density at radius 1 is 1.17 bits per heavy atom. The van der Waals surface area contributed by atoms with Gasteiger partial charge in [0.2, 0.25) is 0 Å². The summed E-state index contributed by atoms with van der Waals surface area (Å²) in [6, 6.07) is 8.31. The molecule has 0 aliphatic carbocycles. The van der Waals surface area contributed by atoms with Crippen molar-refractivity contribution in [1.82, 2.24) is 20.1 Å². The Hall–Kier alpha value is -2.84. The van der Waals surface area contributed by atoms with Gasteiger partial charge < -0.3 is 10.6 Å². The second-order valence-corrected chi connectivity index (χ2v) is 7.95. The molecule has 0 radical (unpaired) electrons. The highest BCUT2D eigenvalue weighted by Crippen LogP contribution is 2.24. The van der Waals surface area contributed by atoms with Gasteiger partial charge in [-0.3, -0.25) is 9.59 Å². The van der Waals surface area contributed by atoms with Crippen LogP contribution in [0.3, 0.4) is 0 Å². The molecule has 7 nitrogen and oxygen atoms in total. The predicted molar refractivity (Wildman–Crippen MR) is 121 cm³/mol. The maximum Gasteiger partial charge on any atom is 0.274 e. The lowest BCUT2D eigenvalue weighted by Gasteiger charge is -2.17. The molecule has 2 amide bonds. The Kier molecular flexibility index (Phi) is 6.48. The summed E-state index contributed by atoms with van der Waals surface area (Å²) in [4.78, 5) is 30.0. The van der Waals surface area contributed by atoms with Crippen molar-refractivity contribution in [1.29, 1.82) is 0 Å². The number of hydrogen-bond donors (Lipinski definition) is 2. The minimum Gasteiger partial charge on any atom is -0.350 e. The van der Waals surface area contributed by atoms with Crippen LogP contribution in [0.5, 0.6) is 0 Å². The number of nitrogens with zero attached hydrogens (tertiary/aromatic N) is 3. The van der Waals surface area contributed by atoms with E-state index >= 15 is 0 Å². The number of amides is 2. The van der Waals surface area contributed by atoms with Crippen molar-refractivity contribution in [2.45, 2.75) is 26.8 Å². The van der Waals surface area contributed by atoms with E-state index in [-0.39, 0.29) is 28.6 Å². The number of hydrogen-bond acceptors (Lipinski definition) is 4. The average Bonchev–Trinajstić information content (AvgIpc) is 3.05. The lowest BCUT2D eigenvalue weighted by molar-refractivity contribution is 0.0944. The quantitative estimate of drug-likeness (QED) is 0.593. The van der Waals surface area contributed by atoms with E-state index in [0.29, 0.717) is 16.3 Å². The maximum absolute atomic E-state index is 13.1. The van der Waals surface area contributed by atoms with Crippen molar-refractivity contribution in [3.8, 4) is 5.82 Å². The van der Waals surface area contributed by atoms with Gasteiger partial charge in [0, 0.05) is 18.3 Å². The minimum atomic E-state index is -0.498. The third kappa shape index (κ3) is 4.66. The highest BCUT2D eigenvalue weighted by Gasteiger charge is 2.22. The van der Waals surface area contributed by atoms with E-state index in [2.05, 4.69) is 20.7 Å². The molecule has 0 spiro atoms. The monoisotopic (exact) mass is 443 g/mol. The van der Waals surface area contributed by atoms with Crippen molar-refractivity contribution in [2.75, 3.05) is 5.32 Å². The highest BCUT2D eigenvalue weighted by molar-refractivity contribution is 6.33. The summed E-state index contributed by atoms with van der Waals surface area (Å²) in [5, 5.41) is 10.2. The lowest BCUT2D eigenvalue weighted by atomic mass is 9.90. The van der Waals surface area contributed by atoms with E-state index in [9.17, 15) is 9.59 Å². The first-order chi connectivity index (χ1) is 14.2. The molecule has 30 heavy (non-hydrogen) atoms. The third-order valence-corrected chi connectivity index (χ3v) is 4.71. The fourth-order valence-electron chi connectivity index (χ4n) is 3.04. The number of carbonyl (C=O) groups excluding carboxylic acids is 2. The van der Waals surface area contributed by atoms with Gasteiger partial charge in [-0.2, -0.15) is 5.10 Å². The zero-order valence-corrected chi connectivity index (χ0v) is 18.5. The van der Waals surface area contributed by atoms with Gasteiger partial charge in [-0.15, -0.1) is 0 Å². The molecule has 0 bridgehead atoms. The van der Waals surface area contributed by atoms with Gasteiger partial charge in [0.15, 0.2) is 11.0 Å². The Bertz CT molecular complexity index is 1130. The molecule has 0 atom stereocenters. The molecular formula is C20H20BCl2N5O2. The van der Waals surface area contributed by atoms with Gasteiger partial charge in [0.05, 0.1) is 16.3 Å². The first-order valence-electron chi connectivity index (χ1n) is 9.27. The highest BCUT2D eigenvalue weighted by atomic mass is 35.5. The molecule has 3 rings (SSSR count). The number of nitrogens with one attached hydrogen (secondary N) is 2. The van der Waals surface area contributed by atoms with Crippen molar-refractivity contribution in [3.05, 3.63) is 63.5 Å². The van der Waals surface area contributed by atoms with E-state index in [1.807, 2.05) is 34.7 Å². The van der Waals surface area contributed by atoms with Crippen LogP contribution in [0.4, 0.5) is 5.69 Å². The molecule has 0 aliphatic rings. The Morgan fingerprint density at radius 3 is 2.57 bits per heavy atom. The van der Waals surface area contributed by atoms with E-state index in [1.54, 1.807) is 18.2 Å². The van der Waals surface area contributed by atoms with Crippen LogP contribution in [0, 0.1) is 6.92 Å². The number of carbonyl (C=O) groups is 2. The van der Waals surface area contributed by atoms with Crippen LogP contribution in [-0.2, 0) is 0 Å². The van der Waals surface area contributed by atoms with Gasteiger partial charge >= 0.3 is 0 Å². The molecule has 2 aromatic heterocycles. The van der Waals surface area contributed by atoms with E-state index in [4.69, 9.17) is 23.2 Å². The molecule has 10 heteroatoms. The second-order valence-electron chi connectivity index (χ2n) is 7.16. The largest absolute Gasteiger partial charge is 0.350 e. The van der Waals surface area contributed by atoms with Crippen LogP contribution >= 0.6 is 23.2 Å². The van der Waals surface area contributed by atoms with Gasteiger partial charge in [0.1, 0.15) is 13.5 Å². The molecule has 1 aromatic carbocycles. The number of rotatable bonds is 5. The van der Waals surface area contributed by atoms with Gasteiger partial charge in [-0.1, -0.05) is 40.8 Å². The van der Waals surface area contributed by atoms with Crippen molar-refractivity contribution in [3.63, 3.8) is 0 Å². The molecule has 0 aliphatic heterocycles. The number of anilines is 1. The standard InChI is InChI=1S/C20H20BCl2N5O2/c1-10(2)25-19(29)13-8-12(21)7-11(3)17(13)26-20(30)15-9-16(23)27-28(15)18-14(22)5-4-6-24-18/h4-10H,21H2,1-3H3,(H,25,29)(H,26,30). The Labute approximate surface area is 185 Å². The van der Waals surface area contributed by atoms with Crippen LogP contribution in [0.25, 0.3) is 5.82 Å². The predicted octanol–water partition coefficient (Wildman–Crippen LogP) is 2.53. The first kappa shape index (κ1) is 21.9. The molecule has 0 unspecified atom stereocenters. The SMILES string of the molecule is Bc1cc(C)c(NC(=O)c2cc(Cl)nn2-c2ncccc2Cl)c(C(=O)NC(C)C)c1. The van der Waals surface area contributed by atoms with Crippen LogP contribution in [0.15, 0.2) is 36.5 Å². The van der Waals surface area contributed by atoms with E-state index in [1.165, 1.54) is 16.9 Å². The molecule has 0 saturated heterocycles. The smallest absolute Gasteiger partial charge is 0.274 e. The van der Waals surface area contributed by atoms with Crippen molar-refractivity contribution < 1.29 is 9.59 Å². The van der Waals surface area contributed by atoms with Crippen molar-refractivity contribution >= 4 is 54.0 Å². The summed E-state index contributed by atoms with van der Waals surface area (Å²) in [6.45, 7) is 5.57. The second kappa shape index (κ2) is 8.89. The molecular weight excluding hydrogens is 424 g/mol. The summed E-state index contributed by atoms with van der Waals surface area (Å²) < 4.78 is 1.28. The maximum atomic E-state index is 13.1. The third-order valence-electron chi connectivity index (χ3n) is 4.23. The lowest BCUT2D eigenvalue weighted by Crippen LogP contribution is -2.32. The number of aromatic nitrogens is 3. The number of aryl methyl sites for hydroxylation is 1. The molecule has 0 saturated carbocycles. The summed E-state index contributed by atoms with van der Waals surface area (Å²) in [5.41, 5.74) is 2.59. The zero-order valence-electron chi connectivity index (χ0n) is 17.0. The summed E-state index contributed by atoms with van der Waals surface area (Å²) in [7, 11) is 1.89. The fourth-order valence-corrected chi connectivity index (χ4v) is 3.42. The molecule has 154 valence electrons. The first-order valence-corrected chi connectivity index (χ1v) is 10.0. The van der Waals surface area contributed by atoms with Gasteiger partial charge in [0.25, 0.3) is 11.8 Å². The molecule has 2 heterocycles. The summed E-state index contributed by atoms with van der Waals surface area (Å²) >= 11 is 12.3. The Morgan fingerprint density at radius 2 is 1.90 bits per heavy atom.